The van der Waals surface area contributed by atoms with Crippen LogP contribution in [0.25, 0.3) is 0 Å². The van der Waals surface area contributed by atoms with Crippen molar-refractivity contribution in [2.24, 2.45) is 5.73 Å². The summed E-state index contributed by atoms with van der Waals surface area (Å²) in [6, 6.07) is 17.7. The van der Waals surface area contributed by atoms with Crippen molar-refractivity contribution in [2.45, 2.75) is 39.9 Å². The van der Waals surface area contributed by atoms with Gasteiger partial charge in [-0.15, -0.1) is 0 Å². The van der Waals surface area contributed by atoms with E-state index in [9.17, 15) is 0 Å². The number of benzene rings is 2. The SMILES string of the molecule is Cc1cccc(CN(c2ccc(CN)cc2)C(C)C)c1. The van der Waals surface area contributed by atoms with Gasteiger partial charge in [-0.3, -0.25) is 0 Å². The van der Waals surface area contributed by atoms with Crippen molar-refractivity contribution < 1.29 is 0 Å². The molecule has 2 nitrogen and oxygen atoms in total. The van der Waals surface area contributed by atoms with Crippen molar-refractivity contribution in [3.05, 3.63) is 65.2 Å². The largest absolute Gasteiger partial charge is 0.365 e. The molecule has 0 radical (unpaired) electrons. The van der Waals surface area contributed by atoms with E-state index in [4.69, 9.17) is 5.73 Å². The van der Waals surface area contributed by atoms with Crippen LogP contribution in [0, 0.1) is 6.92 Å². The molecule has 0 atom stereocenters. The number of hydrogen-bond acceptors (Lipinski definition) is 2. The van der Waals surface area contributed by atoms with E-state index in [1.807, 2.05) is 0 Å². The summed E-state index contributed by atoms with van der Waals surface area (Å²) in [5.74, 6) is 0. The zero-order valence-electron chi connectivity index (χ0n) is 12.6. The fourth-order valence-electron chi connectivity index (χ4n) is 2.40. The topological polar surface area (TPSA) is 29.3 Å². The predicted molar refractivity (Wildman–Crippen MR) is 86.8 cm³/mol. The summed E-state index contributed by atoms with van der Waals surface area (Å²) in [5.41, 5.74) is 10.7. The molecular formula is C18H24N2. The molecule has 0 aliphatic heterocycles. The maximum Gasteiger partial charge on any atom is 0.0432 e. The van der Waals surface area contributed by atoms with Crippen LogP contribution in [-0.2, 0) is 13.1 Å². The highest BCUT2D eigenvalue weighted by Gasteiger charge is 2.11. The molecule has 0 bridgehead atoms. The predicted octanol–water partition coefficient (Wildman–Crippen LogP) is 3.87. The molecule has 0 unspecified atom stereocenters. The number of nitrogens with two attached hydrogens (primary N) is 1. The van der Waals surface area contributed by atoms with Gasteiger partial charge in [0.1, 0.15) is 0 Å². The average molecular weight is 268 g/mol. The van der Waals surface area contributed by atoms with Crippen molar-refractivity contribution in [2.75, 3.05) is 4.90 Å². The second-order valence-electron chi connectivity index (χ2n) is 5.58. The van der Waals surface area contributed by atoms with Gasteiger partial charge in [-0.2, -0.15) is 0 Å². The van der Waals surface area contributed by atoms with Crippen LogP contribution in [0.2, 0.25) is 0 Å². The molecule has 2 N–H and O–H groups in total. The Hall–Kier alpha value is -1.80. The molecule has 2 aromatic rings. The van der Waals surface area contributed by atoms with E-state index in [0.717, 1.165) is 6.54 Å². The third-order valence-corrected chi connectivity index (χ3v) is 3.56. The molecule has 2 heteroatoms. The van der Waals surface area contributed by atoms with Gasteiger partial charge < -0.3 is 10.6 Å². The standard InChI is InChI=1S/C18H24N2/c1-14(2)20(13-17-6-4-5-15(3)11-17)18-9-7-16(12-19)8-10-18/h4-11,14H,12-13,19H2,1-3H3. The van der Waals surface area contributed by atoms with Gasteiger partial charge in [-0.25, -0.2) is 0 Å². The van der Waals surface area contributed by atoms with E-state index < -0.39 is 0 Å². The van der Waals surface area contributed by atoms with Crippen molar-refractivity contribution >= 4 is 5.69 Å². The van der Waals surface area contributed by atoms with Crippen LogP contribution < -0.4 is 10.6 Å². The molecule has 0 aliphatic carbocycles. The lowest BCUT2D eigenvalue weighted by Gasteiger charge is -2.29. The molecule has 0 saturated heterocycles. The van der Waals surface area contributed by atoms with Crippen LogP contribution >= 0.6 is 0 Å². The molecule has 0 fully saturated rings. The smallest absolute Gasteiger partial charge is 0.0432 e. The third-order valence-electron chi connectivity index (χ3n) is 3.56. The highest BCUT2D eigenvalue weighted by atomic mass is 15.1. The first-order chi connectivity index (χ1) is 9.60. The fraction of sp³-hybridized carbons (Fsp3) is 0.333. The Kier molecular flexibility index (Phi) is 4.80. The summed E-state index contributed by atoms with van der Waals surface area (Å²) in [4.78, 5) is 2.41. The summed E-state index contributed by atoms with van der Waals surface area (Å²) >= 11 is 0. The van der Waals surface area contributed by atoms with Crippen LogP contribution in [0.15, 0.2) is 48.5 Å². The Morgan fingerprint density at radius 1 is 1.00 bits per heavy atom. The number of nitrogens with zero attached hydrogens (tertiary/aromatic N) is 1. The number of hydrogen-bond donors (Lipinski definition) is 1. The molecule has 0 spiro atoms. The molecule has 106 valence electrons. The highest BCUT2D eigenvalue weighted by molar-refractivity contribution is 5.49. The fourth-order valence-corrected chi connectivity index (χ4v) is 2.40. The van der Waals surface area contributed by atoms with Crippen molar-refractivity contribution in [1.82, 2.24) is 0 Å². The number of anilines is 1. The van der Waals surface area contributed by atoms with Crippen molar-refractivity contribution in [3.63, 3.8) is 0 Å². The molecule has 2 aromatic carbocycles. The normalized spacial score (nSPS) is 10.8. The maximum absolute atomic E-state index is 5.66. The van der Waals surface area contributed by atoms with E-state index in [2.05, 4.69) is 74.2 Å². The summed E-state index contributed by atoms with van der Waals surface area (Å²) in [6.45, 7) is 8.12. The Morgan fingerprint density at radius 3 is 2.25 bits per heavy atom. The zero-order valence-corrected chi connectivity index (χ0v) is 12.6. The van der Waals surface area contributed by atoms with E-state index in [1.54, 1.807) is 0 Å². The summed E-state index contributed by atoms with van der Waals surface area (Å²) < 4.78 is 0. The third kappa shape index (κ3) is 3.61. The Bertz CT molecular complexity index is 544. The lowest BCUT2D eigenvalue weighted by molar-refractivity contribution is 0.682. The minimum absolute atomic E-state index is 0.458. The first kappa shape index (κ1) is 14.6. The monoisotopic (exact) mass is 268 g/mol. The van der Waals surface area contributed by atoms with Gasteiger partial charge in [0.05, 0.1) is 0 Å². The van der Waals surface area contributed by atoms with Crippen molar-refractivity contribution in [3.8, 4) is 0 Å². The first-order valence-electron chi connectivity index (χ1n) is 7.21. The van der Waals surface area contributed by atoms with Crippen LogP contribution in [-0.4, -0.2) is 6.04 Å². The van der Waals surface area contributed by atoms with Crippen LogP contribution in [0.3, 0.4) is 0 Å². The van der Waals surface area contributed by atoms with Crippen LogP contribution in [0.1, 0.15) is 30.5 Å². The average Bonchev–Trinajstić information content (AvgIpc) is 2.45. The Balaban J connectivity index is 2.22. The molecule has 0 saturated carbocycles. The molecular weight excluding hydrogens is 244 g/mol. The van der Waals surface area contributed by atoms with Gasteiger partial charge in [0.15, 0.2) is 0 Å². The van der Waals surface area contributed by atoms with Gasteiger partial charge in [0, 0.05) is 24.8 Å². The van der Waals surface area contributed by atoms with E-state index >= 15 is 0 Å². The second kappa shape index (κ2) is 6.58. The Labute approximate surface area is 122 Å². The lowest BCUT2D eigenvalue weighted by atomic mass is 10.1. The molecule has 0 heterocycles. The minimum Gasteiger partial charge on any atom is -0.365 e. The van der Waals surface area contributed by atoms with Gasteiger partial charge in [0.2, 0.25) is 0 Å². The van der Waals surface area contributed by atoms with Crippen LogP contribution in [0.5, 0.6) is 0 Å². The summed E-state index contributed by atoms with van der Waals surface area (Å²) in [7, 11) is 0. The van der Waals surface area contributed by atoms with Gasteiger partial charge in [-0.05, 0) is 44.0 Å². The number of aryl methyl sites for hydroxylation is 1. The highest BCUT2D eigenvalue weighted by Crippen LogP contribution is 2.21. The van der Waals surface area contributed by atoms with Gasteiger partial charge in [-0.1, -0.05) is 42.0 Å². The minimum atomic E-state index is 0.458. The Morgan fingerprint density at radius 2 is 1.70 bits per heavy atom. The zero-order chi connectivity index (χ0) is 14.5. The quantitative estimate of drug-likeness (QED) is 0.892. The molecule has 2 rings (SSSR count). The summed E-state index contributed by atoms with van der Waals surface area (Å²) in [6.07, 6.45) is 0. The number of rotatable bonds is 5. The van der Waals surface area contributed by atoms with E-state index in [1.165, 1.54) is 22.4 Å². The van der Waals surface area contributed by atoms with Crippen molar-refractivity contribution in [1.29, 1.82) is 0 Å². The lowest BCUT2D eigenvalue weighted by Crippen LogP contribution is -2.30. The van der Waals surface area contributed by atoms with E-state index in [-0.39, 0.29) is 0 Å². The second-order valence-corrected chi connectivity index (χ2v) is 5.58. The van der Waals surface area contributed by atoms with Crippen LogP contribution in [0.4, 0.5) is 5.69 Å². The summed E-state index contributed by atoms with van der Waals surface area (Å²) in [5, 5.41) is 0. The van der Waals surface area contributed by atoms with Gasteiger partial charge >= 0.3 is 0 Å². The van der Waals surface area contributed by atoms with Gasteiger partial charge in [0.25, 0.3) is 0 Å². The van der Waals surface area contributed by atoms with E-state index in [0.29, 0.717) is 12.6 Å². The molecule has 0 aromatic heterocycles. The molecule has 0 aliphatic rings. The molecule has 20 heavy (non-hydrogen) atoms. The molecule has 0 amide bonds. The first-order valence-corrected chi connectivity index (χ1v) is 7.21. The maximum atomic E-state index is 5.66.